The highest BCUT2D eigenvalue weighted by atomic mass is 79.9. The first-order chi connectivity index (χ1) is 9.13. The minimum atomic E-state index is -0.0228. The third-order valence-electron chi connectivity index (χ3n) is 2.90. The topological polar surface area (TPSA) is 38.1 Å². The molecule has 0 fully saturated rings. The molecule has 0 aromatic carbocycles. The zero-order valence-electron chi connectivity index (χ0n) is 11.0. The smallest absolute Gasteiger partial charge is 0.274 e. The van der Waals surface area contributed by atoms with Crippen molar-refractivity contribution in [2.24, 2.45) is 0 Å². The van der Waals surface area contributed by atoms with E-state index in [1.54, 1.807) is 24.3 Å². The molecule has 1 amide bonds. The maximum absolute atomic E-state index is 12.5. The molecule has 2 aromatic heterocycles. The van der Waals surface area contributed by atoms with E-state index in [0.717, 1.165) is 23.1 Å². The Morgan fingerprint density at radius 2 is 2.11 bits per heavy atom. The minimum absolute atomic E-state index is 0.0228. The number of anilines is 1. The molecule has 2 aromatic rings. The van der Waals surface area contributed by atoms with Crippen LogP contribution in [-0.4, -0.2) is 22.5 Å². The van der Waals surface area contributed by atoms with Crippen LogP contribution in [0.3, 0.4) is 0 Å². The van der Waals surface area contributed by atoms with Crippen molar-refractivity contribution in [3.05, 3.63) is 47.0 Å². The summed E-state index contributed by atoms with van der Waals surface area (Å²) in [7, 11) is 1.77. The van der Waals surface area contributed by atoms with E-state index in [2.05, 4.69) is 27.8 Å². The van der Waals surface area contributed by atoms with Gasteiger partial charge in [0.05, 0.1) is 0 Å². The van der Waals surface area contributed by atoms with Gasteiger partial charge in [-0.1, -0.05) is 6.92 Å². The number of rotatable bonds is 4. The van der Waals surface area contributed by atoms with Gasteiger partial charge in [-0.3, -0.25) is 9.78 Å². The number of pyridine rings is 1. The molecule has 100 valence electrons. The monoisotopic (exact) mass is 321 g/mol. The molecule has 0 aliphatic rings. The van der Waals surface area contributed by atoms with Gasteiger partial charge in [0.25, 0.3) is 5.91 Å². The van der Waals surface area contributed by atoms with Gasteiger partial charge >= 0.3 is 0 Å². The molecule has 5 heteroatoms. The van der Waals surface area contributed by atoms with Crippen LogP contribution >= 0.6 is 15.9 Å². The maximum atomic E-state index is 12.5. The third-order valence-corrected chi connectivity index (χ3v) is 3.34. The number of carbonyl (C=O) groups is 1. The standard InChI is InChI=1S/C14H16BrN3O/c1-3-8-18-10-11(15)9-13(18)14(19)17(2)12-4-6-16-7-5-12/h4-7,9-10H,3,8H2,1-2H3. The lowest BCUT2D eigenvalue weighted by molar-refractivity contribution is 0.0984. The molecule has 0 bridgehead atoms. The van der Waals surface area contributed by atoms with Crippen LogP contribution in [-0.2, 0) is 6.54 Å². The number of carbonyl (C=O) groups excluding carboxylic acids is 1. The van der Waals surface area contributed by atoms with E-state index < -0.39 is 0 Å². The summed E-state index contributed by atoms with van der Waals surface area (Å²) in [5.74, 6) is -0.0228. The molecule has 0 saturated carbocycles. The average molecular weight is 322 g/mol. The third kappa shape index (κ3) is 3.04. The van der Waals surface area contributed by atoms with Gasteiger partial charge in [-0.05, 0) is 40.5 Å². The van der Waals surface area contributed by atoms with Crippen LogP contribution in [0.4, 0.5) is 5.69 Å². The van der Waals surface area contributed by atoms with Gasteiger partial charge in [-0.25, -0.2) is 0 Å². The van der Waals surface area contributed by atoms with Crippen molar-refractivity contribution in [1.82, 2.24) is 9.55 Å². The van der Waals surface area contributed by atoms with E-state index in [4.69, 9.17) is 0 Å². The summed E-state index contributed by atoms with van der Waals surface area (Å²) < 4.78 is 2.90. The summed E-state index contributed by atoms with van der Waals surface area (Å²) in [5.41, 5.74) is 1.52. The number of hydrogen-bond donors (Lipinski definition) is 0. The summed E-state index contributed by atoms with van der Waals surface area (Å²) in [6.45, 7) is 2.92. The molecular formula is C14H16BrN3O. The second-order valence-electron chi connectivity index (χ2n) is 4.31. The van der Waals surface area contributed by atoms with Crippen LogP contribution in [0, 0.1) is 0 Å². The number of hydrogen-bond acceptors (Lipinski definition) is 2. The van der Waals surface area contributed by atoms with Crippen LogP contribution in [0.1, 0.15) is 23.8 Å². The second-order valence-corrected chi connectivity index (χ2v) is 5.22. The Morgan fingerprint density at radius 3 is 2.74 bits per heavy atom. The highest BCUT2D eigenvalue weighted by Gasteiger charge is 2.18. The van der Waals surface area contributed by atoms with Gasteiger partial charge in [-0.2, -0.15) is 0 Å². The van der Waals surface area contributed by atoms with Gasteiger partial charge in [0.2, 0.25) is 0 Å². The van der Waals surface area contributed by atoms with Crippen molar-refractivity contribution >= 4 is 27.5 Å². The molecule has 2 heterocycles. The summed E-state index contributed by atoms with van der Waals surface area (Å²) in [4.78, 5) is 18.1. The molecule has 0 aliphatic carbocycles. The largest absolute Gasteiger partial charge is 0.342 e. The van der Waals surface area contributed by atoms with E-state index in [-0.39, 0.29) is 5.91 Å². The van der Waals surface area contributed by atoms with Crippen molar-refractivity contribution < 1.29 is 4.79 Å². The lowest BCUT2D eigenvalue weighted by atomic mass is 10.3. The SMILES string of the molecule is CCCn1cc(Br)cc1C(=O)N(C)c1ccncc1. The van der Waals surface area contributed by atoms with E-state index in [1.165, 1.54) is 0 Å². The Balaban J connectivity index is 2.29. The molecule has 19 heavy (non-hydrogen) atoms. The highest BCUT2D eigenvalue weighted by molar-refractivity contribution is 9.10. The summed E-state index contributed by atoms with van der Waals surface area (Å²) in [6, 6.07) is 5.50. The van der Waals surface area contributed by atoms with E-state index in [0.29, 0.717) is 5.69 Å². The van der Waals surface area contributed by atoms with Crippen LogP contribution in [0.5, 0.6) is 0 Å². The predicted molar refractivity (Wildman–Crippen MR) is 79.4 cm³/mol. The van der Waals surface area contributed by atoms with Gasteiger partial charge in [0.15, 0.2) is 0 Å². The molecular weight excluding hydrogens is 306 g/mol. The normalized spacial score (nSPS) is 10.5. The highest BCUT2D eigenvalue weighted by Crippen LogP contribution is 2.19. The predicted octanol–water partition coefficient (Wildman–Crippen LogP) is 3.33. The van der Waals surface area contributed by atoms with Gasteiger partial charge in [0.1, 0.15) is 5.69 Å². The summed E-state index contributed by atoms with van der Waals surface area (Å²) in [5, 5.41) is 0. The maximum Gasteiger partial charge on any atom is 0.274 e. The Bertz CT molecular complexity index is 565. The van der Waals surface area contributed by atoms with Crippen LogP contribution in [0.15, 0.2) is 41.3 Å². The second kappa shape index (κ2) is 6.02. The van der Waals surface area contributed by atoms with Crippen molar-refractivity contribution in [3.63, 3.8) is 0 Å². The molecule has 0 atom stereocenters. The first-order valence-electron chi connectivity index (χ1n) is 6.17. The Morgan fingerprint density at radius 1 is 1.42 bits per heavy atom. The molecule has 0 unspecified atom stereocenters. The van der Waals surface area contributed by atoms with Crippen LogP contribution in [0.25, 0.3) is 0 Å². The van der Waals surface area contributed by atoms with Gasteiger partial charge < -0.3 is 9.47 Å². The van der Waals surface area contributed by atoms with E-state index >= 15 is 0 Å². The fraction of sp³-hybridized carbons (Fsp3) is 0.286. The first-order valence-corrected chi connectivity index (χ1v) is 6.96. The number of nitrogens with zero attached hydrogens (tertiary/aromatic N) is 3. The molecule has 0 aliphatic heterocycles. The van der Waals surface area contributed by atoms with E-state index in [1.807, 2.05) is 29.0 Å². The Labute approximate surface area is 121 Å². The summed E-state index contributed by atoms with van der Waals surface area (Å²) >= 11 is 3.43. The number of halogens is 1. The number of aromatic nitrogens is 2. The van der Waals surface area contributed by atoms with Crippen molar-refractivity contribution in [2.45, 2.75) is 19.9 Å². The molecule has 0 N–H and O–H groups in total. The number of aryl methyl sites for hydroxylation is 1. The molecule has 0 saturated heterocycles. The lowest BCUT2D eigenvalue weighted by Crippen LogP contribution is -2.28. The van der Waals surface area contributed by atoms with Gasteiger partial charge in [0, 0.05) is 42.3 Å². The first kappa shape index (κ1) is 13.8. The van der Waals surface area contributed by atoms with Crippen LogP contribution < -0.4 is 4.90 Å². The quantitative estimate of drug-likeness (QED) is 0.866. The zero-order chi connectivity index (χ0) is 13.8. The molecule has 4 nitrogen and oxygen atoms in total. The average Bonchev–Trinajstić information content (AvgIpc) is 2.79. The minimum Gasteiger partial charge on any atom is -0.342 e. The fourth-order valence-electron chi connectivity index (χ4n) is 1.94. The van der Waals surface area contributed by atoms with Crippen molar-refractivity contribution in [1.29, 1.82) is 0 Å². The van der Waals surface area contributed by atoms with E-state index in [9.17, 15) is 4.79 Å². The van der Waals surface area contributed by atoms with Crippen molar-refractivity contribution in [2.75, 3.05) is 11.9 Å². The van der Waals surface area contributed by atoms with Gasteiger partial charge in [-0.15, -0.1) is 0 Å². The Hall–Kier alpha value is -1.62. The molecule has 0 radical (unpaired) electrons. The molecule has 0 spiro atoms. The fourth-order valence-corrected chi connectivity index (χ4v) is 2.40. The van der Waals surface area contributed by atoms with Crippen molar-refractivity contribution in [3.8, 4) is 0 Å². The lowest BCUT2D eigenvalue weighted by Gasteiger charge is -2.18. The summed E-state index contributed by atoms with van der Waals surface area (Å²) in [6.07, 6.45) is 6.29. The Kier molecular flexibility index (Phi) is 4.37. The zero-order valence-corrected chi connectivity index (χ0v) is 12.6. The molecule has 2 rings (SSSR count). The number of amides is 1. The van der Waals surface area contributed by atoms with Crippen LogP contribution in [0.2, 0.25) is 0 Å².